The SMILES string of the molecule is Cc1nc(C(=O)O)n(S(C)(=O)=O)c1C(=O)N(C)c1cccnc1. The number of amides is 1. The highest BCUT2D eigenvalue weighted by molar-refractivity contribution is 7.89. The first kappa shape index (κ1) is 16.6. The van der Waals surface area contributed by atoms with Crippen LogP contribution < -0.4 is 4.90 Å². The Morgan fingerprint density at radius 3 is 2.48 bits per heavy atom. The summed E-state index contributed by atoms with van der Waals surface area (Å²) < 4.78 is 24.3. The van der Waals surface area contributed by atoms with Crippen molar-refractivity contribution in [1.82, 2.24) is 13.9 Å². The van der Waals surface area contributed by atoms with E-state index in [1.165, 1.54) is 31.3 Å². The zero-order valence-electron chi connectivity index (χ0n) is 12.6. The summed E-state index contributed by atoms with van der Waals surface area (Å²) in [5.74, 6) is -2.98. The van der Waals surface area contributed by atoms with Crippen LogP contribution in [0.25, 0.3) is 0 Å². The predicted molar refractivity (Wildman–Crippen MR) is 81.1 cm³/mol. The van der Waals surface area contributed by atoms with E-state index < -0.39 is 27.7 Å². The van der Waals surface area contributed by atoms with Crippen molar-refractivity contribution in [2.75, 3.05) is 18.2 Å². The molecular formula is C13H14N4O5S. The molecule has 10 heteroatoms. The molecule has 1 N–H and O–H groups in total. The van der Waals surface area contributed by atoms with E-state index in [1.54, 1.807) is 12.1 Å². The minimum atomic E-state index is -4.04. The molecule has 1 amide bonds. The molecule has 0 aromatic carbocycles. The Kier molecular flexibility index (Phi) is 4.19. The van der Waals surface area contributed by atoms with Gasteiger partial charge in [0.25, 0.3) is 5.91 Å². The minimum Gasteiger partial charge on any atom is -0.475 e. The fourth-order valence-electron chi connectivity index (χ4n) is 2.04. The Labute approximate surface area is 132 Å². The summed E-state index contributed by atoms with van der Waals surface area (Å²) in [5, 5.41) is 9.12. The molecule has 2 heterocycles. The highest BCUT2D eigenvalue weighted by Gasteiger charge is 2.31. The number of carboxylic acids is 1. The number of carbonyl (C=O) groups is 2. The van der Waals surface area contributed by atoms with Crippen molar-refractivity contribution in [3.05, 3.63) is 41.7 Å². The summed E-state index contributed by atoms with van der Waals surface area (Å²) in [6.07, 6.45) is 3.75. The Balaban J connectivity index is 2.64. The lowest BCUT2D eigenvalue weighted by atomic mass is 10.3. The molecule has 0 radical (unpaired) electrons. The van der Waals surface area contributed by atoms with Gasteiger partial charge in [0.15, 0.2) is 0 Å². The van der Waals surface area contributed by atoms with Crippen molar-refractivity contribution in [2.24, 2.45) is 0 Å². The normalized spacial score (nSPS) is 11.3. The molecule has 0 bridgehead atoms. The van der Waals surface area contributed by atoms with Crippen molar-refractivity contribution in [3.8, 4) is 0 Å². The van der Waals surface area contributed by atoms with E-state index >= 15 is 0 Å². The molecule has 0 unspecified atom stereocenters. The first-order valence-corrected chi connectivity index (χ1v) is 8.20. The number of carboxylic acid groups (broad SMARTS) is 1. The molecule has 9 nitrogen and oxygen atoms in total. The monoisotopic (exact) mass is 338 g/mol. The van der Waals surface area contributed by atoms with E-state index in [0.717, 1.165) is 6.26 Å². The van der Waals surface area contributed by atoms with E-state index in [1.807, 2.05) is 0 Å². The lowest BCUT2D eigenvalue weighted by molar-refractivity contribution is 0.0682. The van der Waals surface area contributed by atoms with Crippen molar-refractivity contribution < 1.29 is 23.1 Å². The zero-order valence-corrected chi connectivity index (χ0v) is 13.4. The maximum atomic E-state index is 12.6. The van der Waals surface area contributed by atoms with Crippen LogP contribution in [0.1, 0.15) is 26.8 Å². The van der Waals surface area contributed by atoms with Crippen LogP contribution in [0.15, 0.2) is 24.5 Å². The third kappa shape index (κ3) is 3.06. The van der Waals surface area contributed by atoms with Crippen LogP contribution in [0.2, 0.25) is 0 Å². The molecule has 0 spiro atoms. The standard InChI is InChI=1S/C13H14N4O5S/c1-8-10(12(18)16(2)9-5-4-6-14-7-9)17(23(3,21)22)11(15-8)13(19)20/h4-7H,1-3H3,(H,19,20). The highest BCUT2D eigenvalue weighted by Crippen LogP contribution is 2.19. The van der Waals surface area contributed by atoms with Gasteiger partial charge in [-0.15, -0.1) is 0 Å². The van der Waals surface area contributed by atoms with Gasteiger partial charge >= 0.3 is 5.97 Å². The predicted octanol–water partition coefficient (Wildman–Crippen LogP) is 0.369. The Morgan fingerprint density at radius 1 is 1.35 bits per heavy atom. The lowest BCUT2D eigenvalue weighted by Crippen LogP contribution is -2.31. The summed E-state index contributed by atoms with van der Waals surface area (Å²) in [4.78, 5) is 32.6. The average molecular weight is 338 g/mol. The number of rotatable bonds is 4. The summed E-state index contributed by atoms with van der Waals surface area (Å²) in [6, 6.07) is 3.22. The molecule has 0 aliphatic heterocycles. The van der Waals surface area contributed by atoms with Crippen LogP contribution in [0.4, 0.5) is 5.69 Å². The number of nitrogens with zero attached hydrogens (tertiary/aromatic N) is 4. The summed E-state index contributed by atoms with van der Waals surface area (Å²) in [7, 11) is -2.61. The van der Waals surface area contributed by atoms with Gasteiger partial charge in [0, 0.05) is 13.2 Å². The maximum Gasteiger partial charge on any atom is 0.373 e. The summed E-state index contributed by atoms with van der Waals surface area (Å²) in [5.41, 5.74) is 0.111. The first-order valence-electron chi connectivity index (χ1n) is 6.36. The molecule has 2 aromatic rings. The topological polar surface area (TPSA) is 122 Å². The molecule has 2 rings (SSSR count). The fraction of sp³-hybridized carbons (Fsp3) is 0.231. The molecule has 122 valence electrons. The molecule has 0 fully saturated rings. The van der Waals surface area contributed by atoms with Gasteiger partial charge in [-0.3, -0.25) is 9.78 Å². The maximum absolute atomic E-state index is 12.6. The zero-order chi connectivity index (χ0) is 17.4. The molecule has 0 saturated carbocycles. The van der Waals surface area contributed by atoms with Crippen LogP contribution in [-0.4, -0.2) is 52.6 Å². The molecule has 2 aromatic heterocycles. The van der Waals surface area contributed by atoms with E-state index in [9.17, 15) is 18.0 Å². The second-order valence-corrected chi connectivity index (χ2v) is 6.61. The Bertz CT molecular complexity index is 873. The molecular weight excluding hydrogens is 324 g/mol. The third-order valence-electron chi connectivity index (χ3n) is 3.08. The number of hydrogen-bond donors (Lipinski definition) is 1. The van der Waals surface area contributed by atoms with Gasteiger partial charge in [0.2, 0.25) is 15.8 Å². The number of carbonyl (C=O) groups excluding carboxylic acids is 1. The minimum absolute atomic E-state index is 0.00793. The Morgan fingerprint density at radius 2 is 2.00 bits per heavy atom. The third-order valence-corrected chi connectivity index (χ3v) is 4.09. The lowest BCUT2D eigenvalue weighted by Gasteiger charge is -2.18. The van der Waals surface area contributed by atoms with E-state index in [4.69, 9.17) is 5.11 Å². The van der Waals surface area contributed by atoms with Crippen LogP contribution in [0.5, 0.6) is 0 Å². The molecule has 0 atom stereocenters. The number of aromatic carboxylic acids is 1. The van der Waals surface area contributed by atoms with Gasteiger partial charge in [-0.05, 0) is 19.1 Å². The van der Waals surface area contributed by atoms with Crippen molar-refractivity contribution >= 4 is 27.6 Å². The summed E-state index contributed by atoms with van der Waals surface area (Å²) in [6.45, 7) is 1.37. The van der Waals surface area contributed by atoms with Crippen LogP contribution in [0, 0.1) is 6.92 Å². The van der Waals surface area contributed by atoms with Crippen LogP contribution >= 0.6 is 0 Å². The number of aromatic nitrogens is 3. The second-order valence-electron chi connectivity index (χ2n) is 4.78. The first-order chi connectivity index (χ1) is 10.6. The van der Waals surface area contributed by atoms with E-state index in [0.29, 0.717) is 9.66 Å². The molecule has 23 heavy (non-hydrogen) atoms. The van der Waals surface area contributed by atoms with Crippen LogP contribution in [0.3, 0.4) is 0 Å². The van der Waals surface area contributed by atoms with Crippen molar-refractivity contribution in [1.29, 1.82) is 0 Å². The smallest absolute Gasteiger partial charge is 0.373 e. The van der Waals surface area contributed by atoms with Gasteiger partial charge in [0.1, 0.15) is 5.69 Å². The second kappa shape index (κ2) is 5.80. The van der Waals surface area contributed by atoms with E-state index in [-0.39, 0.29) is 11.4 Å². The molecule has 0 saturated heterocycles. The van der Waals surface area contributed by atoms with E-state index in [2.05, 4.69) is 9.97 Å². The highest BCUT2D eigenvalue weighted by atomic mass is 32.2. The van der Waals surface area contributed by atoms with Gasteiger partial charge in [-0.2, -0.15) is 0 Å². The van der Waals surface area contributed by atoms with Crippen LogP contribution in [-0.2, 0) is 10.0 Å². The van der Waals surface area contributed by atoms with Gasteiger partial charge in [-0.25, -0.2) is 22.2 Å². The molecule has 0 aliphatic rings. The summed E-state index contributed by atoms with van der Waals surface area (Å²) >= 11 is 0. The number of aryl methyl sites for hydroxylation is 1. The Hall–Kier alpha value is -2.75. The average Bonchev–Trinajstić information content (AvgIpc) is 2.84. The fourth-order valence-corrected chi connectivity index (χ4v) is 3.01. The van der Waals surface area contributed by atoms with Gasteiger partial charge < -0.3 is 10.0 Å². The number of anilines is 1. The number of imidazole rings is 1. The van der Waals surface area contributed by atoms with Gasteiger partial charge in [0.05, 0.1) is 23.8 Å². The number of pyridine rings is 1. The molecule has 0 aliphatic carbocycles. The van der Waals surface area contributed by atoms with Crippen molar-refractivity contribution in [2.45, 2.75) is 6.92 Å². The number of hydrogen-bond acceptors (Lipinski definition) is 6. The quantitative estimate of drug-likeness (QED) is 0.854. The van der Waals surface area contributed by atoms with Crippen molar-refractivity contribution in [3.63, 3.8) is 0 Å². The largest absolute Gasteiger partial charge is 0.475 e. The van der Waals surface area contributed by atoms with Gasteiger partial charge in [-0.1, -0.05) is 0 Å².